The Balaban J connectivity index is 0. The van der Waals surface area contributed by atoms with Gasteiger partial charge < -0.3 is 11.2 Å². The van der Waals surface area contributed by atoms with Crippen LogP contribution in [0.4, 0.5) is 0 Å². The normalized spacial score (nSPS) is 13.5. The summed E-state index contributed by atoms with van der Waals surface area (Å²) in [7, 11) is -3.86. The number of nitrogens with two attached hydrogens (primary N) is 1. The standard InChI is InChI=1S/C19H41NO3S.H2O/c1-4-7-8-9-10-11-12-13-15-18(19(20,5-2)6-3)16-14-17-24(21,22)23;/h18H,4-17,20H2,1-3H3,(H,21,22,23);1H2. The van der Waals surface area contributed by atoms with E-state index in [9.17, 15) is 8.42 Å². The van der Waals surface area contributed by atoms with E-state index in [4.69, 9.17) is 10.3 Å². The van der Waals surface area contributed by atoms with E-state index < -0.39 is 10.1 Å². The van der Waals surface area contributed by atoms with Gasteiger partial charge in [-0.3, -0.25) is 4.55 Å². The maximum absolute atomic E-state index is 10.9. The highest BCUT2D eigenvalue weighted by Crippen LogP contribution is 2.31. The van der Waals surface area contributed by atoms with Crippen molar-refractivity contribution in [2.45, 2.75) is 110 Å². The first-order valence-electron chi connectivity index (χ1n) is 10.0. The van der Waals surface area contributed by atoms with Crippen molar-refractivity contribution in [1.29, 1.82) is 0 Å². The number of hydrogen-bond donors (Lipinski definition) is 2. The second kappa shape index (κ2) is 14.9. The molecule has 0 saturated heterocycles. The van der Waals surface area contributed by atoms with Crippen molar-refractivity contribution in [2.75, 3.05) is 5.75 Å². The predicted octanol–water partition coefficient (Wildman–Crippen LogP) is 4.49. The van der Waals surface area contributed by atoms with Crippen molar-refractivity contribution in [2.24, 2.45) is 11.7 Å². The lowest BCUT2D eigenvalue weighted by atomic mass is 9.75. The molecule has 6 heteroatoms. The summed E-state index contributed by atoms with van der Waals surface area (Å²) < 4.78 is 30.8. The zero-order valence-corrected chi connectivity index (χ0v) is 17.5. The van der Waals surface area contributed by atoms with Crippen LogP contribution in [0.1, 0.15) is 104 Å². The molecule has 0 radical (unpaired) electrons. The molecular formula is C19H43NO4S. The molecule has 0 amide bonds. The van der Waals surface area contributed by atoms with Crippen molar-refractivity contribution in [3.8, 4) is 0 Å². The largest absolute Gasteiger partial charge is 0.412 e. The molecule has 0 aromatic carbocycles. The Morgan fingerprint density at radius 1 is 0.840 bits per heavy atom. The molecule has 0 spiro atoms. The summed E-state index contributed by atoms with van der Waals surface area (Å²) in [4.78, 5) is 0. The Hall–Kier alpha value is -0.170. The van der Waals surface area contributed by atoms with Gasteiger partial charge in [0, 0.05) is 5.54 Å². The first-order valence-corrected chi connectivity index (χ1v) is 11.6. The topological polar surface area (TPSA) is 112 Å². The van der Waals surface area contributed by atoms with Gasteiger partial charge in [-0.25, -0.2) is 0 Å². The molecule has 154 valence electrons. The molecule has 1 atom stereocenters. The molecule has 25 heavy (non-hydrogen) atoms. The molecular weight excluding hydrogens is 338 g/mol. The van der Waals surface area contributed by atoms with Gasteiger partial charge in [-0.1, -0.05) is 72.1 Å². The third kappa shape index (κ3) is 13.7. The van der Waals surface area contributed by atoms with Crippen LogP contribution in [0.5, 0.6) is 0 Å². The SMILES string of the molecule is CCCCCCCCCCC(CCCS(=O)(=O)O)C(N)(CC)CC.O. The van der Waals surface area contributed by atoms with Crippen LogP contribution in [0.25, 0.3) is 0 Å². The van der Waals surface area contributed by atoms with Crippen molar-refractivity contribution < 1.29 is 18.4 Å². The number of unbranched alkanes of at least 4 members (excludes halogenated alkanes) is 7. The average Bonchev–Trinajstić information content (AvgIpc) is 2.53. The lowest BCUT2D eigenvalue weighted by Crippen LogP contribution is -2.46. The van der Waals surface area contributed by atoms with Crippen molar-refractivity contribution in [3.05, 3.63) is 0 Å². The summed E-state index contributed by atoms with van der Waals surface area (Å²) >= 11 is 0. The second-order valence-electron chi connectivity index (χ2n) is 7.33. The van der Waals surface area contributed by atoms with Crippen LogP contribution < -0.4 is 5.73 Å². The summed E-state index contributed by atoms with van der Waals surface area (Å²) in [5.41, 5.74) is 6.37. The highest BCUT2D eigenvalue weighted by Gasteiger charge is 2.30. The molecule has 0 aliphatic heterocycles. The van der Waals surface area contributed by atoms with Crippen LogP contribution in [-0.4, -0.2) is 29.7 Å². The highest BCUT2D eigenvalue weighted by molar-refractivity contribution is 7.85. The monoisotopic (exact) mass is 381 g/mol. The maximum Gasteiger partial charge on any atom is 0.264 e. The Bertz CT molecular complexity index is 394. The highest BCUT2D eigenvalue weighted by atomic mass is 32.2. The van der Waals surface area contributed by atoms with Gasteiger partial charge in [0.2, 0.25) is 0 Å². The summed E-state index contributed by atoms with van der Waals surface area (Å²) in [6.07, 6.45) is 14.5. The van der Waals surface area contributed by atoms with Gasteiger partial charge in [-0.15, -0.1) is 0 Å². The first kappa shape index (κ1) is 27.1. The van der Waals surface area contributed by atoms with Gasteiger partial charge in [-0.05, 0) is 38.0 Å². The first-order chi connectivity index (χ1) is 11.3. The van der Waals surface area contributed by atoms with Crippen LogP contribution in [-0.2, 0) is 10.1 Å². The minimum absolute atomic E-state index is 0. The Morgan fingerprint density at radius 2 is 1.28 bits per heavy atom. The minimum atomic E-state index is -3.86. The fraction of sp³-hybridized carbons (Fsp3) is 1.00. The van der Waals surface area contributed by atoms with E-state index in [-0.39, 0.29) is 16.8 Å². The lowest BCUT2D eigenvalue weighted by Gasteiger charge is -2.36. The summed E-state index contributed by atoms with van der Waals surface area (Å²) in [5, 5.41) is 0. The quantitative estimate of drug-likeness (QED) is 0.303. The zero-order chi connectivity index (χ0) is 18.5. The second-order valence-corrected chi connectivity index (χ2v) is 8.90. The van der Waals surface area contributed by atoms with Gasteiger partial charge in [0.1, 0.15) is 0 Å². The molecule has 0 fully saturated rings. The molecule has 5 nitrogen and oxygen atoms in total. The third-order valence-corrected chi connectivity index (χ3v) is 6.30. The minimum Gasteiger partial charge on any atom is -0.412 e. The summed E-state index contributed by atoms with van der Waals surface area (Å²) in [6.45, 7) is 6.47. The average molecular weight is 382 g/mol. The van der Waals surface area contributed by atoms with Gasteiger partial charge in [0.15, 0.2) is 0 Å². The molecule has 0 aromatic rings. The van der Waals surface area contributed by atoms with Gasteiger partial charge in [-0.2, -0.15) is 8.42 Å². The molecule has 0 aliphatic carbocycles. The molecule has 0 aromatic heterocycles. The van der Waals surface area contributed by atoms with E-state index in [2.05, 4.69) is 20.8 Å². The summed E-state index contributed by atoms with van der Waals surface area (Å²) in [6, 6.07) is 0. The van der Waals surface area contributed by atoms with Crippen molar-refractivity contribution in [3.63, 3.8) is 0 Å². The Labute approximate surface area is 156 Å². The molecule has 0 aliphatic rings. The van der Waals surface area contributed by atoms with E-state index in [0.717, 1.165) is 25.7 Å². The number of hydrogen-bond acceptors (Lipinski definition) is 3. The fourth-order valence-electron chi connectivity index (χ4n) is 3.58. The van der Waals surface area contributed by atoms with E-state index >= 15 is 0 Å². The Kier molecular flexibility index (Phi) is 16.2. The van der Waals surface area contributed by atoms with Crippen LogP contribution in [0, 0.1) is 5.92 Å². The molecule has 0 saturated carbocycles. The maximum atomic E-state index is 10.9. The molecule has 1 unspecified atom stereocenters. The molecule has 0 bridgehead atoms. The van der Waals surface area contributed by atoms with E-state index in [1.807, 2.05) is 0 Å². The zero-order valence-electron chi connectivity index (χ0n) is 16.7. The van der Waals surface area contributed by atoms with Crippen LogP contribution in [0.3, 0.4) is 0 Å². The Morgan fingerprint density at radius 3 is 1.72 bits per heavy atom. The van der Waals surface area contributed by atoms with E-state index in [1.165, 1.54) is 51.4 Å². The van der Waals surface area contributed by atoms with E-state index in [1.54, 1.807) is 0 Å². The lowest BCUT2D eigenvalue weighted by molar-refractivity contribution is 0.217. The van der Waals surface area contributed by atoms with Gasteiger partial charge in [0.05, 0.1) is 5.75 Å². The van der Waals surface area contributed by atoms with Crippen molar-refractivity contribution >= 4 is 10.1 Å². The van der Waals surface area contributed by atoms with Crippen LogP contribution in [0.15, 0.2) is 0 Å². The molecule has 5 N–H and O–H groups in total. The fourth-order valence-corrected chi connectivity index (χ4v) is 4.11. The smallest absolute Gasteiger partial charge is 0.264 e. The molecule has 0 heterocycles. The molecule has 0 rings (SSSR count). The van der Waals surface area contributed by atoms with Gasteiger partial charge in [0.25, 0.3) is 10.1 Å². The van der Waals surface area contributed by atoms with E-state index in [0.29, 0.717) is 12.3 Å². The summed E-state index contributed by atoms with van der Waals surface area (Å²) in [5.74, 6) is 0.194. The third-order valence-electron chi connectivity index (χ3n) is 5.49. The van der Waals surface area contributed by atoms with Gasteiger partial charge >= 0.3 is 0 Å². The predicted molar refractivity (Wildman–Crippen MR) is 107 cm³/mol. The van der Waals surface area contributed by atoms with Crippen LogP contribution >= 0.6 is 0 Å². The van der Waals surface area contributed by atoms with Crippen LogP contribution in [0.2, 0.25) is 0 Å². The number of rotatable bonds is 16. The van der Waals surface area contributed by atoms with Crippen molar-refractivity contribution in [1.82, 2.24) is 0 Å².